The molecule has 1 fully saturated rings. The van der Waals surface area contributed by atoms with Crippen LogP contribution in [0.15, 0.2) is 24.3 Å². The van der Waals surface area contributed by atoms with Crippen LogP contribution in [0, 0.1) is 5.92 Å². The van der Waals surface area contributed by atoms with Crippen molar-refractivity contribution in [2.24, 2.45) is 5.92 Å². The SMILES string of the molecule is CC(C)Oc1cccc(C(C)NC(=O)CNCC2CC2)c1.Cl. The van der Waals surface area contributed by atoms with Gasteiger partial charge in [-0.25, -0.2) is 0 Å². The second kappa shape index (κ2) is 9.01. The number of carbonyl (C=O) groups is 1. The molecule has 0 heterocycles. The van der Waals surface area contributed by atoms with E-state index in [0.717, 1.165) is 23.8 Å². The van der Waals surface area contributed by atoms with E-state index in [-0.39, 0.29) is 30.5 Å². The van der Waals surface area contributed by atoms with Gasteiger partial charge in [-0.05, 0) is 63.8 Å². The third-order valence-electron chi connectivity index (χ3n) is 3.52. The molecule has 2 N–H and O–H groups in total. The van der Waals surface area contributed by atoms with Gasteiger partial charge in [0.1, 0.15) is 5.75 Å². The molecule has 1 aromatic rings. The molecule has 0 bridgehead atoms. The maximum absolute atomic E-state index is 11.9. The maximum atomic E-state index is 11.9. The van der Waals surface area contributed by atoms with Crippen LogP contribution in [0.5, 0.6) is 5.75 Å². The Morgan fingerprint density at radius 3 is 2.68 bits per heavy atom. The monoisotopic (exact) mass is 326 g/mol. The number of nitrogens with one attached hydrogen (secondary N) is 2. The van der Waals surface area contributed by atoms with Crippen molar-refractivity contribution >= 4 is 18.3 Å². The van der Waals surface area contributed by atoms with E-state index in [2.05, 4.69) is 10.6 Å². The van der Waals surface area contributed by atoms with E-state index in [0.29, 0.717) is 6.54 Å². The van der Waals surface area contributed by atoms with Crippen molar-refractivity contribution in [1.82, 2.24) is 10.6 Å². The molecule has 0 radical (unpaired) electrons. The van der Waals surface area contributed by atoms with Crippen LogP contribution in [0.4, 0.5) is 0 Å². The average molecular weight is 327 g/mol. The zero-order valence-electron chi connectivity index (χ0n) is 13.6. The van der Waals surface area contributed by atoms with E-state index in [1.54, 1.807) is 0 Å². The fourth-order valence-corrected chi connectivity index (χ4v) is 2.22. The van der Waals surface area contributed by atoms with Gasteiger partial charge in [0.05, 0.1) is 18.7 Å². The summed E-state index contributed by atoms with van der Waals surface area (Å²) in [6, 6.07) is 7.88. The van der Waals surface area contributed by atoms with Gasteiger partial charge in [0.25, 0.3) is 0 Å². The van der Waals surface area contributed by atoms with Crippen LogP contribution in [0.3, 0.4) is 0 Å². The number of amides is 1. The van der Waals surface area contributed by atoms with E-state index in [9.17, 15) is 4.79 Å². The van der Waals surface area contributed by atoms with Crippen molar-refractivity contribution in [3.05, 3.63) is 29.8 Å². The van der Waals surface area contributed by atoms with Gasteiger partial charge in [-0.3, -0.25) is 4.79 Å². The highest BCUT2D eigenvalue weighted by molar-refractivity contribution is 5.85. The standard InChI is InChI=1S/C17H26N2O2.ClH/c1-12(2)21-16-6-4-5-15(9-16)13(3)19-17(20)11-18-10-14-7-8-14;/h4-6,9,12-14,18H,7-8,10-11H2,1-3H3,(H,19,20);1H. The minimum absolute atomic E-state index is 0. The van der Waals surface area contributed by atoms with Crippen LogP contribution in [0.1, 0.15) is 45.2 Å². The summed E-state index contributed by atoms with van der Waals surface area (Å²) in [5.41, 5.74) is 1.06. The molecule has 0 spiro atoms. The summed E-state index contributed by atoms with van der Waals surface area (Å²) in [6.45, 7) is 7.35. The quantitative estimate of drug-likeness (QED) is 0.772. The van der Waals surface area contributed by atoms with Crippen molar-refractivity contribution in [1.29, 1.82) is 0 Å². The van der Waals surface area contributed by atoms with Gasteiger partial charge < -0.3 is 15.4 Å². The van der Waals surface area contributed by atoms with E-state index in [1.807, 2.05) is 45.0 Å². The molecule has 4 nitrogen and oxygen atoms in total. The Balaban J connectivity index is 0.00000242. The molecule has 0 saturated heterocycles. The van der Waals surface area contributed by atoms with Crippen LogP contribution >= 0.6 is 12.4 Å². The van der Waals surface area contributed by atoms with Crippen LogP contribution in [0.25, 0.3) is 0 Å². The van der Waals surface area contributed by atoms with Crippen LogP contribution < -0.4 is 15.4 Å². The van der Waals surface area contributed by atoms with E-state index >= 15 is 0 Å². The second-order valence-corrected chi connectivity index (χ2v) is 6.10. The van der Waals surface area contributed by atoms with Crippen LogP contribution in [-0.2, 0) is 4.79 Å². The molecule has 22 heavy (non-hydrogen) atoms. The van der Waals surface area contributed by atoms with Crippen LogP contribution in [-0.4, -0.2) is 25.1 Å². The molecule has 1 aromatic carbocycles. The minimum Gasteiger partial charge on any atom is -0.491 e. The highest BCUT2D eigenvalue weighted by atomic mass is 35.5. The molecular formula is C17H27ClN2O2. The van der Waals surface area contributed by atoms with Gasteiger partial charge >= 0.3 is 0 Å². The highest BCUT2D eigenvalue weighted by Crippen LogP contribution is 2.27. The largest absolute Gasteiger partial charge is 0.491 e. The Hall–Kier alpha value is -1.26. The summed E-state index contributed by atoms with van der Waals surface area (Å²) < 4.78 is 5.68. The number of halogens is 1. The molecule has 1 atom stereocenters. The van der Waals surface area contributed by atoms with Crippen molar-refractivity contribution in [2.75, 3.05) is 13.1 Å². The Labute approximate surface area is 139 Å². The highest BCUT2D eigenvalue weighted by Gasteiger charge is 2.20. The molecule has 124 valence electrons. The van der Waals surface area contributed by atoms with Crippen molar-refractivity contribution in [3.63, 3.8) is 0 Å². The molecule has 1 amide bonds. The lowest BCUT2D eigenvalue weighted by Crippen LogP contribution is -2.36. The zero-order valence-corrected chi connectivity index (χ0v) is 14.4. The number of ether oxygens (including phenoxy) is 1. The third kappa shape index (κ3) is 6.67. The van der Waals surface area contributed by atoms with E-state index in [1.165, 1.54) is 12.8 Å². The first-order valence-electron chi connectivity index (χ1n) is 7.81. The summed E-state index contributed by atoms with van der Waals surface area (Å²) >= 11 is 0. The average Bonchev–Trinajstić information content (AvgIpc) is 3.22. The molecule has 1 aliphatic rings. The Morgan fingerprint density at radius 1 is 1.32 bits per heavy atom. The predicted molar refractivity (Wildman–Crippen MR) is 91.6 cm³/mol. The Bertz CT molecular complexity index is 475. The fraction of sp³-hybridized carbons (Fsp3) is 0.588. The van der Waals surface area contributed by atoms with E-state index in [4.69, 9.17) is 4.74 Å². The summed E-state index contributed by atoms with van der Waals surface area (Å²) in [5.74, 6) is 1.67. The Kier molecular flexibility index (Phi) is 7.69. The van der Waals surface area contributed by atoms with Crippen molar-refractivity contribution in [2.45, 2.75) is 45.8 Å². The van der Waals surface area contributed by atoms with Gasteiger partial charge in [0, 0.05) is 0 Å². The van der Waals surface area contributed by atoms with E-state index < -0.39 is 0 Å². The number of hydrogen-bond donors (Lipinski definition) is 2. The van der Waals surface area contributed by atoms with Gasteiger partial charge in [-0.2, -0.15) is 0 Å². The normalized spacial score (nSPS) is 15.1. The fourth-order valence-electron chi connectivity index (χ4n) is 2.22. The molecule has 1 unspecified atom stereocenters. The number of carbonyl (C=O) groups excluding carboxylic acids is 1. The first-order valence-corrected chi connectivity index (χ1v) is 7.81. The maximum Gasteiger partial charge on any atom is 0.234 e. The molecule has 1 aliphatic carbocycles. The number of benzene rings is 1. The lowest BCUT2D eigenvalue weighted by molar-refractivity contribution is -0.120. The number of rotatable bonds is 8. The summed E-state index contributed by atoms with van der Waals surface area (Å²) in [6.07, 6.45) is 2.75. The minimum atomic E-state index is -0.0177. The molecule has 1 saturated carbocycles. The van der Waals surface area contributed by atoms with Crippen molar-refractivity contribution < 1.29 is 9.53 Å². The lowest BCUT2D eigenvalue weighted by atomic mass is 10.1. The number of hydrogen-bond acceptors (Lipinski definition) is 3. The first kappa shape index (κ1) is 18.8. The summed E-state index contributed by atoms with van der Waals surface area (Å²) in [5, 5.41) is 6.22. The van der Waals surface area contributed by atoms with Crippen molar-refractivity contribution in [3.8, 4) is 5.75 Å². The molecule has 0 aliphatic heterocycles. The summed E-state index contributed by atoms with van der Waals surface area (Å²) in [7, 11) is 0. The smallest absolute Gasteiger partial charge is 0.234 e. The first-order chi connectivity index (χ1) is 10.0. The van der Waals surface area contributed by atoms with Gasteiger partial charge in [-0.15, -0.1) is 12.4 Å². The molecule has 5 heteroatoms. The predicted octanol–water partition coefficient (Wildman–Crippen LogP) is 3.07. The topological polar surface area (TPSA) is 50.4 Å². The molecule has 0 aromatic heterocycles. The van der Waals surface area contributed by atoms with Gasteiger partial charge in [0.15, 0.2) is 0 Å². The van der Waals surface area contributed by atoms with Crippen LogP contribution in [0.2, 0.25) is 0 Å². The third-order valence-corrected chi connectivity index (χ3v) is 3.52. The lowest BCUT2D eigenvalue weighted by Gasteiger charge is -2.17. The summed E-state index contributed by atoms with van der Waals surface area (Å²) in [4.78, 5) is 11.9. The molecule has 2 rings (SSSR count). The molecular weight excluding hydrogens is 300 g/mol. The Morgan fingerprint density at radius 2 is 2.05 bits per heavy atom. The van der Waals surface area contributed by atoms with Gasteiger partial charge in [0.2, 0.25) is 5.91 Å². The van der Waals surface area contributed by atoms with Gasteiger partial charge in [-0.1, -0.05) is 12.1 Å². The zero-order chi connectivity index (χ0) is 15.2. The second-order valence-electron chi connectivity index (χ2n) is 6.10.